The van der Waals surface area contributed by atoms with E-state index >= 15 is 0 Å². The lowest BCUT2D eigenvalue weighted by Crippen LogP contribution is -2.27. The molecule has 3 aromatic rings. The van der Waals surface area contributed by atoms with Crippen molar-refractivity contribution in [2.45, 2.75) is 28.8 Å². The van der Waals surface area contributed by atoms with Crippen LogP contribution in [0.4, 0.5) is 0 Å². The van der Waals surface area contributed by atoms with Gasteiger partial charge in [0.25, 0.3) is 10.0 Å². The summed E-state index contributed by atoms with van der Waals surface area (Å²) in [7, 11) is -1.97. The van der Waals surface area contributed by atoms with E-state index in [1.54, 1.807) is 17.9 Å². The average Bonchev–Trinajstić information content (AvgIpc) is 3.48. The first kappa shape index (κ1) is 19.0. The quantitative estimate of drug-likeness (QED) is 0.536. The van der Waals surface area contributed by atoms with Crippen LogP contribution in [0.3, 0.4) is 0 Å². The number of nitrogens with zero attached hydrogens (tertiary/aromatic N) is 5. The molecule has 3 heterocycles. The van der Waals surface area contributed by atoms with Crippen LogP contribution in [0.15, 0.2) is 51.1 Å². The van der Waals surface area contributed by atoms with Crippen LogP contribution in [-0.2, 0) is 15.8 Å². The molecule has 0 radical (unpaired) electrons. The first-order chi connectivity index (χ1) is 13.6. The second-order valence-electron chi connectivity index (χ2n) is 6.17. The Balaban J connectivity index is 1.50. The van der Waals surface area contributed by atoms with Gasteiger partial charge in [0, 0.05) is 13.1 Å². The number of hydrogen-bond acceptors (Lipinski definition) is 8. The standard InChI is InChI=1S/C17H19N5O4S2/c1-25-15-7-3-2-6-14(15)22-17(18-19-20-22)27-12-13-8-9-16(26-13)28(23,24)21-10-4-5-11-21/h2-3,6-9H,4-5,10-12H2,1H3. The molecule has 0 aliphatic carbocycles. The maximum atomic E-state index is 12.6. The number of furan rings is 1. The Kier molecular flexibility index (Phi) is 5.38. The molecule has 0 unspecified atom stereocenters. The van der Waals surface area contributed by atoms with Crippen molar-refractivity contribution in [2.75, 3.05) is 20.2 Å². The summed E-state index contributed by atoms with van der Waals surface area (Å²) in [6.07, 6.45) is 1.77. The van der Waals surface area contributed by atoms with E-state index in [-0.39, 0.29) is 5.09 Å². The molecular weight excluding hydrogens is 402 g/mol. The Bertz CT molecular complexity index is 1060. The molecule has 9 nitrogen and oxygen atoms in total. The van der Waals surface area contributed by atoms with Gasteiger partial charge in [-0.15, -0.1) is 5.10 Å². The van der Waals surface area contributed by atoms with E-state index in [0.717, 1.165) is 12.8 Å². The molecule has 4 rings (SSSR count). The minimum atomic E-state index is -3.55. The predicted octanol–water partition coefficient (Wildman–Crippen LogP) is 2.34. The van der Waals surface area contributed by atoms with Crippen LogP contribution < -0.4 is 4.74 Å². The van der Waals surface area contributed by atoms with Crippen molar-refractivity contribution in [2.24, 2.45) is 0 Å². The van der Waals surface area contributed by atoms with Gasteiger partial charge in [0.2, 0.25) is 10.2 Å². The Morgan fingerprint density at radius 1 is 1.18 bits per heavy atom. The monoisotopic (exact) mass is 421 g/mol. The van der Waals surface area contributed by atoms with Gasteiger partial charge < -0.3 is 9.15 Å². The number of rotatable bonds is 7. The molecule has 0 amide bonds. The van der Waals surface area contributed by atoms with Gasteiger partial charge in [-0.2, -0.15) is 8.99 Å². The van der Waals surface area contributed by atoms with Crippen molar-refractivity contribution in [1.82, 2.24) is 24.5 Å². The van der Waals surface area contributed by atoms with Crippen LogP contribution in [0, 0.1) is 0 Å². The van der Waals surface area contributed by atoms with Crippen molar-refractivity contribution in [3.05, 3.63) is 42.2 Å². The van der Waals surface area contributed by atoms with Crippen molar-refractivity contribution in [3.8, 4) is 11.4 Å². The topological polar surface area (TPSA) is 103 Å². The molecule has 11 heteroatoms. The largest absolute Gasteiger partial charge is 0.494 e. The van der Waals surface area contributed by atoms with Gasteiger partial charge in [-0.3, -0.25) is 0 Å². The molecule has 0 bridgehead atoms. The highest BCUT2D eigenvalue weighted by Gasteiger charge is 2.30. The third-order valence-electron chi connectivity index (χ3n) is 4.39. The zero-order chi connectivity index (χ0) is 19.6. The highest BCUT2D eigenvalue weighted by Crippen LogP contribution is 2.29. The van der Waals surface area contributed by atoms with Gasteiger partial charge in [0.15, 0.2) is 0 Å². The summed E-state index contributed by atoms with van der Waals surface area (Å²) in [6.45, 7) is 1.08. The predicted molar refractivity (Wildman–Crippen MR) is 102 cm³/mol. The zero-order valence-electron chi connectivity index (χ0n) is 15.2. The van der Waals surface area contributed by atoms with E-state index in [1.165, 1.54) is 22.1 Å². The summed E-state index contributed by atoms with van der Waals surface area (Å²) in [5.74, 6) is 1.58. The van der Waals surface area contributed by atoms with E-state index < -0.39 is 10.0 Å². The molecule has 1 fully saturated rings. The SMILES string of the molecule is COc1ccccc1-n1nnnc1SCc1ccc(S(=O)(=O)N2CCCC2)o1. The molecule has 2 aromatic heterocycles. The van der Waals surface area contributed by atoms with Crippen LogP contribution in [0.1, 0.15) is 18.6 Å². The molecule has 0 N–H and O–H groups in total. The molecule has 0 atom stereocenters. The second kappa shape index (κ2) is 7.94. The van der Waals surface area contributed by atoms with Crippen LogP contribution in [0.25, 0.3) is 5.69 Å². The number of aromatic nitrogens is 4. The first-order valence-corrected chi connectivity index (χ1v) is 11.2. The molecule has 28 heavy (non-hydrogen) atoms. The lowest BCUT2D eigenvalue weighted by atomic mass is 10.3. The number of ether oxygens (including phenoxy) is 1. The maximum absolute atomic E-state index is 12.6. The third-order valence-corrected chi connectivity index (χ3v) is 7.11. The molecule has 1 saturated heterocycles. The number of para-hydroxylation sites is 2. The molecule has 1 aliphatic rings. The van der Waals surface area contributed by atoms with Gasteiger partial charge >= 0.3 is 0 Å². The van der Waals surface area contributed by atoms with Gasteiger partial charge in [0.1, 0.15) is 17.2 Å². The first-order valence-electron chi connectivity index (χ1n) is 8.73. The molecule has 0 saturated carbocycles. The molecule has 0 spiro atoms. The molecule has 1 aliphatic heterocycles. The summed E-state index contributed by atoms with van der Waals surface area (Å²) in [5.41, 5.74) is 0.717. The number of sulfonamides is 1. The van der Waals surface area contributed by atoms with E-state index in [9.17, 15) is 8.42 Å². The number of benzene rings is 1. The Morgan fingerprint density at radius 2 is 1.96 bits per heavy atom. The van der Waals surface area contributed by atoms with E-state index in [2.05, 4.69) is 15.5 Å². The lowest BCUT2D eigenvalue weighted by molar-refractivity contribution is 0.397. The van der Waals surface area contributed by atoms with Gasteiger partial charge in [0.05, 0.1) is 12.9 Å². The van der Waals surface area contributed by atoms with Crippen molar-refractivity contribution >= 4 is 21.8 Å². The molecule has 1 aromatic carbocycles. The van der Waals surface area contributed by atoms with Crippen LogP contribution in [0.5, 0.6) is 5.75 Å². The van der Waals surface area contributed by atoms with Gasteiger partial charge in [-0.25, -0.2) is 8.42 Å². The second-order valence-corrected chi connectivity index (χ2v) is 8.98. The van der Waals surface area contributed by atoms with Crippen molar-refractivity contribution in [3.63, 3.8) is 0 Å². The number of methoxy groups -OCH3 is 1. The number of tetrazole rings is 1. The highest BCUT2D eigenvalue weighted by molar-refractivity contribution is 7.98. The van der Waals surface area contributed by atoms with E-state index in [1.807, 2.05) is 24.3 Å². The fourth-order valence-corrected chi connectivity index (χ4v) is 5.21. The van der Waals surface area contributed by atoms with Gasteiger partial charge in [-0.05, 0) is 47.5 Å². The lowest BCUT2D eigenvalue weighted by Gasteiger charge is -2.12. The fourth-order valence-electron chi connectivity index (χ4n) is 2.99. The number of hydrogen-bond donors (Lipinski definition) is 0. The summed E-state index contributed by atoms with van der Waals surface area (Å²) in [6, 6.07) is 10.6. The zero-order valence-corrected chi connectivity index (χ0v) is 16.8. The third kappa shape index (κ3) is 3.64. The van der Waals surface area contributed by atoms with Crippen LogP contribution in [0.2, 0.25) is 0 Å². The minimum absolute atomic E-state index is 0.0191. The molecular formula is C17H19N5O4S2. The van der Waals surface area contributed by atoms with Crippen LogP contribution in [-0.4, -0.2) is 53.1 Å². The van der Waals surface area contributed by atoms with E-state index in [0.29, 0.717) is 41.2 Å². The Morgan fingerprint density at radius 3 is 2.75 bits per heavy atom. The summed E-state index contributed by atoms with van der Waals surface area (Å²) in [4.78, 5) is 0. The fraction of sp³-hybridized carbons (Fsp3) is 0.353. The smallest absolute Gasteiger partial charge is 0.276 e. The Hall–Kier alpha value is -2.37. The number of thioether (sulfide) groups is 1. The molecule has 148 valence electrons. The minimum Gasteiger partial charge on any atom is -0.494 e. The van der Waals surface area contributed by atoms with Crippen molar-refractivity contribution < 1.29 is 17.6 Å². The van der Waals surface area contributed by atoms with Gasteiger partial charge in [-0.1, -0.05) is 23.9 Å². The van der Waals surface area contributed by atoms with Crippen LogP contribution >= 0.6 is 11.8 Å². The summed E-state index contributed by atoms with van der Waals surface area (Å²) in [5, 5.41) is 12.3. The Labute approximate surface area is 166 Å². The highest BCUT2D eigenvalue weighted by atomic mass is 32.2. The summed E-state index contributed by atoms with van der Waals surface area (Å²) < 4.78 is 39.1. The van der Waals surface area contributed by atoms with E-state index in [4.69, 9.17) is 9.15 Å². The summed E-state index contributed by atoms with van der Waals surface area (Å²) >= 11 is 1.35. The normalized spacial score (nSPS) is 15.2. The average molecular weight is 422 g/mol. The van der Waals surface area contributed by atoms with Crippen molar-refractivity contribution in [1.29, 1.82) is 0 Å². The maximum Gasteiger partial charge on any atom is 0.276 e.